The molecule has 0 atom stereocenters. The number of carbonyl (C=O) groups excluding carboxylic acids is 2. The molecular weight excluding hydrogens is 270 g/mol. The molecule has 1 aromatic rings. The maximum absolute atomic E-state index is 11.9. The SMILES string of the molecule is C=C(C)COc1cccc(C=O)c1NC(=O)OC(C)(C)C. The summed E-state index contributed by atoms with van der Waals surface area (Å²) in [6.07, 6.45) is 0.0114. The first-order valence-corrected chi connectivity index (χ1v) is 6.58. The minimum atomic E-state index is -0.642. The van der Waals surface area contributed by atoms with E-state index in [-0.39, 0.29) is 0 Å². The van der Waals surface area contributed by atoms with Crippen molar-refractivity contribution in [2.45, 2.75) is 33.3 Å². The van der Waals surface area contributed by atoms with Gasteiger partial charge in [0.1, 0.15) is 18.0 Å². The Morgan fingerprint density at radius 2 is 2.05 bits per heavy atom. The molecule has 114 valence electrons. The van der Waals surface area contributed by atoms with E-state index in [2.05, 4.69) is 11.9 Å². The van der Waals surface area contributed by atoms with Gasteiger partial charge >= 0.3 is 6.09 Å². The first-order valence-electron chi connectivity index (χ1n) is 6.58. The van der Waals surface area contributed by atoms with Crippen molar-refractivity contribution in [2.24, 2.45) is 0 Å². The normalized spacial score (nSPS) is 10.7. The largest absolute Gasteiger partial charge is 0.487 e. The van der Waals surface area contributed by atoms with E-state index in [4.69, 9.17) is 9.47 Å². The standard InChI is InChI=1S/C16H21NO4/c1-11(2)10-20-13-8-6-7-12(9-18)14(13)17-15(19)21-16(3,4)5/h6-9H,1,10H2,2-5H3,(H,17,19). The molecule has 0 fully saturated rings. The summed E-state index contributed by atoms with van der Waals surface area (Å²) in [4.78, 5) is 23.0. The smallest absolute Gasteiger partial charge is 0.412 e. The highest BCUT2D eigenvalue weighted by Gasteiger charge is 2.19. The summed E-state index contributed by atoms with van der Waals surface area (Å²) in [7, 11) is 0. The van der Waals surface area contributed by atoms with Crippen molar-refractivity contribution in [3.63, 3.8) is 0 Å². The van der Waals surface area contributed by atoms with Crippen molar-refractivity contribution in [3.8, 4) is 5.75 Å². The van der Waals surface area contributed by atoms with Crippen LogP contribution in [0.1, 0.15) is 38.1 Å². The van der Waals surface area contributed by atoms with Gasteiger partial charge in [0.15, 0.2) is 6.29 Å². The van der Waals surface area contributed by atoms with Crippen LogP contribution in [-0.4, -0.2) is 24.6 Å². The number of rotatable bonds is 5. The fourth-order valence-electron chi connectivity index (χ4n) is 1.51. The Hall–Kier alpha value is -2.30. The maximum atomic E-state index is 11.9. The molecule has 1 amide bonds. The van der Waals surface area contributed by atoms with Crippen molar-refractivity contribution in [2.75, 3.05) is 11.9 Å². The Kier molecular flexibility index (Phi) is 5.52. The number of amides is 1. The number of carbonyl (C=O) groups is 2. The molecular formula is C16H21NO4. The molecule has 0 aliphatic heterocycles. The van der Waals surface area contributed by atoms with Gasteiger partial charge in [-0.3, -0.25) is 10.1 Å². The predicted molar refractivity (Wildman–Crippen MR) is 82.0 cm³/mol. The van der Waals surface area contributed by atoms with Crippen molar-refractivity contribution in [1.29, 1.82) is 0 Å². The Bertz CT molecular complexity index is 544. The van der Waals surface area contributed by atoms with E-state index in [1.165, 1.54) is 0 Å². The maximum Gasteiger partial charge on any atom is 0.412 e. The molecule has 5 nitrogen and oxygen atoms in total. The molecule has 5 heteroatoms. The van der Waals surface area contributed by atoms with Crippen LogP contribution in [0.15, 0.2) is 30.4 Å². The van der Waals surface area contributed by atoms with E-state index < -0.39 is 11.7 Å². The molecule has 1 rings (SSSR count). The molecule has 0 bridgehead atoms. The number of ether oxygens (including phenoxy) is 2. The highest BCUT2D eigenvalue weighted by Crippen LogP contribution is 2.28. The summed E-state index contributed by atoms with van der Waals surface area (Å²) in [5.74, 6) is 0.397. The van der Waals surface area contributed by atoms with E-state index >= 15 is 0 Å². The Labute approximate surface area is 124 Å². The summed E-state index contributed by atoms with van der Waals surface area (Å²) in [6.45, 7) is 11.1. The number of nitrogens with one attached hydrogen (secondary N) is 1. The first-order chi connectivity index (χ1) is 9.73. The van der Waals surface area contributed by atoms with Crippen molar-refractivity contribution >= 4 is 18.1 Å². The third kappa shape index (κ3) is 5.69. The Morgan fingerprint density at radius 1 is 1.38 bits per heavy atom. The third-order valence-corrected chi connectivity index (χ3v) is 2.29. The second kappa shape index (κ2) is 6.92. The van der Waals surface area contributed by atoms with E-state index in [0.29, 0.717) is 29.9 Å². The number of benzene rings is 1. The molecule has 0 radical (unpaired) electrons. The highest BCUT2D eigenvalue weighted by molar-refractivity contribution is 5.95. The van der Waals surface area contributed by atoms with Gasteiger partial charge in [-0.2, -0.15) is 0 Å². The van der Waals surface area contributed by atoms with Crippen LogP contribution in [0, 0.1) is 0 Å². The van der Waals surface area contributed by atoms with Gasteiger partial charge in [-0.1, -0.05) is 12.6 Å². The topological polar surface area (TPSA) is 64.6 Å². The average molecular weight is 291 g/mol. The van der Waals surface area contributed by atoms with E-state index in [0.717, 1.165) is 5.57 Å². The quantitative estimate of drug-likeness (QED) is 0.662. The molecule has 0 aromatic heterocycles. The van der Waals surface area contributed by atoms with Gasteiger partial charge in [-0.25, -0.2) is 4.79 Å². The van der Waals surface area contributed by atoms with Gasteiger partial charge in [0.05, 0.1) is 5.69 Å². The summed E-state index contributed by atoms with van der Waals surface area (Å²) < 4.78 is 10.7. The van der Waals surface area contributed by atoms with Crippen LogP contribution in [0.4, 0.5) is 10.5 Å². The highest BCUT2D eigenvalue weighted by atomic mass is 16.6. The minimum Gasteiger partial charge on any atom is -0.487 e. The van der Waals surface area contributed by atoms with Crippen LogP contribution >= 0.6 is 0 Å². The van der Waals surface area contributed by atoms with E-state index in [9.17, 15) is 9.59 Å². The average Bonchev–Trinajstić information content (AvgIpc) is 2.34. The molecule has 0 aliphatic carbocycles. The zero-order valence-electron chi connectivity index (χ0n) is 12.9. The fraction of sp³-hybridized carbons (Fsp3) is 0.375. The van der Waals surface area contributed by atoms with Crippen LogP contribution in [0.2, 0.25) is 0 Å². The third-order valence-electron chi connectivity index (χ3n) is 2.29. The van der Waals surface area contributed by atoms with Gasteiger partial charge in [0.2, 0.25) is 0 Å². The van der Waals surface area contributed by atoms with Crippen molar-refractivity contribution in [3.05, 3.63) is 35.9 Å². The minimum absolute atomic E-state index is 0.294. The van der Waals surface area contributed by atoms with Gasteiger partial charge < -0.3 is 9.47 Å². The zero-order chi connectivity index (χ0) is 16.0. The second-order valence-corrected chi connectivity index (χ2v) is 5.71. The molecule has 0 aliphatic rings. The van der Waals surface area contributed by atoms with Gasteiger partial charge in [-0.05, 0) is 45.4 Å². The van der Waals surface area contributed by atoms with Crippen LogP contribution in [0.5, 0.6) is 5.75 Å². The van der Waals surface area contributed by atoms with Crippen LogP contribution in [0.3, 0.4) is 0 Å². The molecule has 0 saturated heterocycles. The zero-order valence-corrected chi connectivity index (χ0v) is 12.9. The monoisotopic (exact) mass is 291 g/mol. The lowest BCUT2D eigenvalue weighted by atomic mass is 10.1. The van der Waals surface area contributed by atoms with Crippen LogP contribution in [0.25, 0.3) is 0 Å². The molecule has 0 saturated carbocycles. The van der Waals surface area contributed by atoms with Gasteiger partial charge in [0, 0.05) is 5.56 Å². The molecule has 0 unspecified atom stereocenters. The van der Waals surface area contributed by atoms with E-state index in [1.807, 2.05) is 6.92 Å². The predicted octanol–water partition coefficient (Wildman–Crippen LogP) is 3.80. The number of aldehydes is 1. The lowest BCUT2D eigenvalue weighted by Crippen LogP contribution is -2.27. The summed E-state index contributed by atoms with van der Waals surface area (Å²) >= 11 is 0. The van der Waals surface area contributed by atoms with Gasteiger partial charge in [0.25, 0.3) is 0 Å². The Morgan fingerprint density at radius 3 is 2.57 bits per heavy atom. The number of anilines is 1. The summed E-state index contributed by atoms with van der Waals surface area (Å²) in [5, 5.41) is 2.56. The lowest BCUT2D eigenvalue weighted by Gasteiger charge is -2.21. The Balaban J connectivity index is 2.99. The molecule has 0 heterocycles. The van der Waals surface area contributed by atoms with Crippen LogP contribution in [-0.2, 0) is 4.74 Å². The van der Waals surface area contributed by atoms with Crippen molar-refractivity contribution in [1.82, 2.24) is 0 Å². The number of hydrogen-bond acceptors (Lipinski definition) is 4. The first kappa shape index (κ1) is 16.8. The van der Waals surface area contributed by atoms with E-state index in [1.54, 1.807) is 39.0 Å². The summed E-state index contributed by atoms with van der Waals surface area (Å²) in [5.41, 5.74) is 0.816. The second-order valence-electron chi connectivity index (χ2n) is 5.71. The van der Waals surface area contributed by atoms with Crippen molar-refractivity contribution < 1.29 is 19.1 Å². The van der Waals surface area contributed by atoms with Crippen LogP contribution < -0.4 is 10.1 Å². The lowest BCUT2D eigenvalue weighted by molar-refractivity contribution is 0.0635. The number of hydrogen-bond donors (Lipinski definition) is 1. The molecule has 1 aromatic carbocycles. The molecule has 1 N–H and O–H groups in total. The number of para-hydroxylation sites is 1. The molecule has 0 spiro atoms. The summed E-state index contributed by atoms with van der Waals surface area (Å²) in [6, 6.07) is 4.94. The van der Waals surface area contributed by atoms with Gasteiger partial charge in [-0.15, -0.1) is 0 Å². The fourth-order valence-corrected chi connectivity index (χ4v) is 1.51. The molecule has 21 heavy (non-hydrogen) atoms.